The monoisotopic (exact) mass is 309 g/mol. The van der Waals surface area contributed by atoms with Crippen LogP contribution in [0.2, 0.25) is 0 Å². The molecule has 1 aliphatic rings. The molecule has 0 amide bonds. The SMILES string of the molecule is CN=C(NCCCS(C)(=O)=O)N1CCc2ccccc2C1. The van der Waals surface area contributed by atoms with Crippen molar-refractivity contribution < 1.29 is 8.42 Å². The van der Waals surface area contributed by atoms with Crippen LogP contribution in [0.15, 0.2) is 29.3 Å². The van der Waals surface area contributed by atoms with E-state index in [1.54, 1.807) is 7.05 Å². The highest BCUT2D eigenvalue weighted by atomic mass is 32.2. The lowest BCUT2D eigenvalue weighted by atomic mass is 10.0. The predicted octanol–water partition coefficient (Wildman–Crippen LogP) is 1.05. The normalized spacial score (nSPS) is 15.7. The summed E-state index contributed by atoms with van der Waals surface area (Å²) in [5.41, 5.74) is 2.74. The molecule has 0 radical (unpaired) electrons. The largest absolute Gasteiger partial charge is 0.356 e. The van der Waals surface area contributed by atoms with E-state index in [9.17, 15) is 8.42 Å². The number of aliphatic imine (C=N–C) groups is 1. The van der Waals surface area contributed by atoms with Gasteiger partial charge in [-0.05, 0) is 24.0 Å². The van der Waals surface area contributed by atoms with Crippen molar-refractivity contribution in [3.63, 3.8) is 0 Å². The maximum atomic E-state index is 11.1. The van der Waals surface area contributed by atoms with E-state index < -0.39 is 9.84 Å². The van der Waals surface area contributed by atoms with Crippen molar-refractivity contribution in [1.82, 2.24) is 10.2 Å². The fourth-order valence-corrected chi connectivity index (χ4v) is 3.21. The smallest absolute Gasteiger partial charge is 0.193 e. The van der Waals surface area contributed by atoms with Crippen LogP contribution in [-0.4, -0.2) is 51.4 Å². The molecular weight excluding hydrogens is 286 g/mol. The highest BCUT2D eigenvalue weighted by molar-refractivity contribution is 7.90. The van der Waals surface area contributed by atoms with Gasteiger partial charge in [0.1, 0.15) is 9.84 Å². The second-order valence-electron chi connectivity index (χ2n) is 5.40. The molecule has 0 saturated carbocycles. The molecule has 116 valence electrons. The van der Waals surface area contributed by atoms with Gasteiger partial charge in [0, 0.05) is 32.9 Å². The molecule has 6 heteroatoms. The minimum Gasteiger partial charge on any atom is -0.356 e. The number of nitrogens with one attached hydrogen (secondary N) is 1. The molecule has 2 rings (SSSR count). The van der Waals surface area contributed by atoms with Crippen LogP contribution in [0.4, 0.5) is 0 Å². The van der Waals surface area contributed by atoms with Gasteiger partial charge < -0.3 is 10.2 Å². The molecule has 5 nitrogen and oxygen atoms in total. The molecule has 1 N–H and O–H groups in total. The number of guanidine groups is 1. The van der Waals surface area contributed by atoms with Crippen molar-refractivity contribution in [2.45, 2.75) is 19.4 Å². The summed E-state index contributed by atoms with van der Waals surface area (Å²) in [6.07, 6.45) is 2.88. The fraction of sp³-hybridized carbons (Fsp3) is 0.533. The molecule has 1 heterocycles. The Hall–Kier alpha value is -1.56. The summed E-state index contributed by atoms with van der Waals surface area (Å²) in [6, 6.07) is 8.46. The van der Waals surface area contributed by atoms with Gasteiger partial charge in [0.2, 0.25) is 0 Å². The number of sulfone groups is 1. The molecule has 0 spiro atoms. The first kappa shape index (κ1) is 15.8. The van der Waals surface area contributed by atoms with Gasteiger partial charge in [-0.1, -0.05) is 24.3 Å². The molecule has 1 aliphatic heterocycles. The Kier molecular flexibility index (Phi) is 5.22. The maximum Gasteiger partial charge on any atom is 0.193 e. The summed E-state index contributed by atoms with van der Waals surface area (Å²) >= 11 is 0. The van der Waals surface area contributed by atoms with Gasteiger partial charge in [-0.25, -0.2) is 8.42 Å². The molecule has 0 aliphatic carbocycles. The zero-order chi connectivity index (χ0) is 15.3. The van der Waals surface area contributed by atoms with Crippen molar-refractivity contribution in [2.75, 3.05) is 32.1 Å². The van der Waals surface area contributed by atoms with Crippen molar-refractivity contribution >= 4 is 15.8 Å². The Morgan fingerprint density at radius 3 is 2.71 bits per heavy atom. The summed E-state index contributed by atoms with van der Waals surface area (Å²) < 4.78 is 22.2. The van der Waals surface area contributed by atoms with Gasteiger partial charge in [0.05, 0.1) is 5.75 Å². The molecule has 0 aromatic heterocycles. The Bertz CT molecular complexity index is 611. The first-order chi connectivity index (χ1) is 9.99. The molecule has 21 heavy (non-hydrogen) atoms. The van der Waals surface area contributed by atoms with E-state index in [1.807, 2.05) is 0 Å². The van der Waals surface area contributed by atoms with Crippen LogP contribution in [0.25, 0.3) is 0 Å². The van der Waals surface area contributed by atoms with Crippen LogP contribution in [-0.2, 0) is 22.8 Å². The summed E-state index contributed by atoms with van der Waals surface area (Å²) in [5.74, 6) is 1.05. The zero-order valence-corrected chi connectivity index (χ0v) is 13.5. The zero-order valence-electron chi connectivity index (χ0n) is 12.7. The topological polar surface area (TPSA) is 61.8 Å². The lowest BCUT2D eigenvalue weighted by molar-refractivity contribution is 0.379. The van der Waals surface area contributed by atoms with Gasteiger partial charge in [-0.15, -0.1) is 0 Å². The van der Waals surface area contributed by atoms with Crippen molar-refractivity contribution in [3.8, 4) is 0 Å². The third kappa shape index (κ3) is 4.74. The minimum absolute atomic E-state index is 0.208. The molecule has 0 fully saturated rings. The highest BCUT2D eigenvalue weighted by Crippen LogP contribution is 2.18. The Morgan fingerprint density at radius 2 is 2.05 bits per heavy atom. The third-order valence-electron chi connectivity index (χ3n) is 3.62. The highest BCUT2D eigenvalue weighted by Gasteiger charge is 2.18. The third-order valence-corrected chi connectivity index (χ3v) is 4.65. The number of hydrogen-bond donors (Lipinski definition) is 1. The maximum absolute atomic E-state index is 11.1. The molecule has 0 atom stereocenters. The predicted molar refractivity (Wildman–Crippen MR) is 86.2 cm³/mol. The summed E-state index contributed by atoms with van der Waals surface area (Å²) in [6.45, 7) is 2.41. The van der Waals surface area contributed by atoms with E-state index in [2.05, 4.69) is 39.5 Å². The second-order valence-corrected chi connectivity index (χ2v) is 7.66. The Morgan fingerprint density at radius 1 is 1.33 bits per heavy atom. The number of rotatable bonds is 4. The van der Waals surface area contributed by atoms with Crippen LogP contribution >= 0.6 is 0 Å². The average Bonchev–Trinajstić information content (AvgIpc) is 2.46. The van der Waals surface area contributed by atoms with E-state index in [4.69, 9.17) is 0 Å². The van der Waals surface area contributed by atoms with Gasteiger partial charge in [-0.3, -0.25) is 4.99 Å². The Balaban J connectivity index is 1.88. The van der Waals surface area contributed by atoms with E-state index in [0.717, 1.165) is 25.5 Å². The number of benzene rings is 1. The molecular formula is C15H23N3O2S. The van der Waals surface area contributed by atoms with Gasteiger partial charge in [0.15, 0.2) is 5.96 Å². The molecule has 1 aromatic carbocycles. The second kappa shape index (κ2) is 6.93. The van der Waals surface area contributed by atoms with Crippen LogP contribution in [0.5, 0.6) is 0 Å². The lowest BCUT2D eigenvalue weighted by Crippen LogP contribution is -2.44. The van der Waals surface area contributed by atoms with Gasteiger partial charge in [-0.2, -0.15) is 0 Å². The number of hydrogen-bond acceptors (Lipinski definition) is 3. The van der Waals surface area contributed by atoms with Crippen molar-refractivity contribution in [2.24, 2.45) is 4.99 Å². The number of fused-ring (bicyclic) bond motifs is 1. The quantitative estimate of drug-likeness (QED) is 0.513. The molecule has 0 unspecified atom stereocenters. The van der Waals surface area contributed by atoms with E-state index in [-0.39, 0.29) is 5.75 Å². The fourth-order valence-electron chi connectivity index (χ4n) is 2.54. The van der Waals surface area contributed by atoms with Crippen LogP contribution in [0, 0.1) is 0 Å². The standard InChI is InChI=1S/C15H23N3O2S/c1-16-15(17-9-5-11-21(2,19)20)18-10-8-13-6-3-4-7-14(13)12-18/h3-4,6-7H,5,8-12H2,1-2H3,(H,16,17). The summed E-state index contributed by atoms with van der Waals surface area (Å²) in [7, 11) is -1.12. The van der Waals surface area contributed by atoms with Crippen LogP contribution in [0.1, 0.15) is 17.5 Å². The number of nitrogens with zero attached hydrogens (tertiary/aromatic N) is 2. The van der Waals surface area contributed by atoms with E-state index >= 15 is 0 Å². The summed E-state index contributed by atoms with van der Waals surface area (Å²) in [5, 5.41) is 3.25. The van der Waals surface area contributed by atoms with Crippen LogP contribution in [0.3, 0.4) is 0 Å². The first-order valence-electron chi connectivity index (χ1n) is 7.20. The van der Waals surface area contributed by atoms with E-state index in [0.29, 0.717) is 13.0 Å². The molecule has 0 saturated heterocycles. The lowest BCUT2D eigenvalue weighted by Gasteiger charge is -2.31. The molecule has 1 aromatic rings. The van der Waals surface area contributed by atoms with Crippen molar-refractivity contribution in [1.29, 1.82) is 0 Å². The first-order valence-corrected chi connectivity index (χ1v) is 9.26. The van der Waals surface area contributed by atoms with E-state index in [1.165, 1.54) is 17.4 Å². The summed E-state index contributed by atoms with van der Waals surface area (Å²) in [4.78, 5) is 6.51. The van der Waals surface area contributed by atoms with Gasteiger partial charge >= 0.3 is 0 Å². The molecule has 0 bridgehead atoms. The van der Waals surface area contributed by atoms with Gasteiger partial charge in [0.25, 0.3) is 0 Å². The average molecular weight is 309 g/mol. The van der Waals surface area contributed by atoms with Crippen molar-refractivity contribution in [3.05, 3.63) is 35.4 Å². The van der Waals surface area contributed by atoms with Crippen LogP contribution < -0.4 is 5.32 Å². The minimum atomic E-state index is -2.89. The Labute approximate surface area is 127 Å².